The van der Waals surface area contributed by atoms with Gasteiger partial charge in [0.25, 0.3) is 0 Å². The maximum atomic E-state index is 5.98. The van der Waals surface area contributed by atoms with Crippen LogP contribution < -0.4 is 5.32 Å². The first kappa shape index (κ1) is 12.3. The molecule has 3 aliphatic rings. The number of thioether (sulfide) groups is 1. The van der Waals surface area contributed by atoms with Crippen LogP contribution in [0.1, 0.15) is 32.1 Å². The minimum atomic E-state index is 0.0533. The molecule has 0 saturated carbocycles. The lowest BCUT2D eigenvalue weighted by molar-refractivity contribution is -0.0902. The van der Waals surface area contributed by atoms with Gasteiger partial charge in [0.1, 0.15) is 0 Å². The summed E-state index contributed by atoms with van der Waals surface area (Å²) in [4.78, 5) is 0. The molecule has 3 unspecified atom stereocenters. The molecule has 0 amide bonds. The van der Waals surface area contributed by atoms with E-state index in [4.69, 9.17) is 9.47 Å². The van der Waals surface area contributed by atoms with Gasteiger partial charge in [-0.2, -0.15) is 11.8 Å². The number of hydrogen-bond donors (Lipinski definition) is 1. The lowest BCUT2D eigenvalue weighted by atomic mass is 9.89. The van der Waals surface area contributed by atoms with Crippen LogP contribution in [0.15, 0.2) is 0 Å². The van der Waals surface area contributed by atoms with E-state index in [1.54, 1.807) is 0 Å². The Hall–Kier alpha value is 0.230. The van der Waals surface area contributed by atoms with Crippen molar-refractivity contribution in [1.29, 1.82) is 0 Å². The Morgan fingerprint density at radius 2 is 2.18 bits per heavy atom. The molecule has 0 aromatic rings. The molecule has 3 aliphatic heterocycles. The fraction of sp³-hybridized carbons (Fsp3) is 1.00. The van der Waals surface area contributed by atoms with Crippen molar-refractivity contribution >= 4 is 11.8 Å². The average molecular weight is 257 g/mol. The second kappa shape index (κ2) is 5.47. The van der Waals surface area contributed by atoms with Crippen molar-refractivity contribution in [2.75, 3.05) is 31.3 Å². The van der Waals surface area contributed by atoms with E-state index in [0.29, 0.717) is 6.04 Å². The Bertz CT molecular complexity index is 250. The van der Waals surface area contributed by atoms with Crippen molar-refractivity contribution in [1.82, 2.24) is 5.32 Å². The van der Waals surface area contributed by atoms with Crippen LogP contribution in [-0.2, 0) is 9.47 Å². The van der Waals surface area contributed by atoms with E-state index in [2.05, 4.69) is 17.1 Å². The van der Waals surface area contributed by atoms with Crippen molar-refractivity contribution in [2.45, 2.75) is 49.8 Å². The van der Waals surface area contributed by atoms with Crippen LogP contribution in [-0.4, -0.2) is 49.0 Å². The van der Waals surface area contributed by atoms with Gasteiger partial charge in [0.2, 0.25) is 0 Å². The summed E-state index contributed by atoms with van der Waals surface area (Å²) in [6, 6.07) is 1.38. The molecule has 3 heterocycles. The topological polar surface area (TPSA) is 30.5 Å². The maximum Gasteiger partial charge on any atom is 0.0951 e. The first-order valence-corrected chi connectivity index (χ1v) is 8.07. The summed E-state index contributed by atoms with van der Waals surface area (Å²) < 4.78 is 11.5. The molecule has 3 saturated heterocycles. The molecular formula is C13H23NO2S. The second-order valence-electron chi connectivity index (χ2n) is 5.60. The fourth-order valence-corrected chi connectivity index (χ4v) is 4.32. The third kappa shape index (κ3) is 2.98. The Kier molecular flexibility index (Phi) is 3.95. The number of hydrogen-bond acceptors (Lipinski definition) is 4. The zero-order valence-electron chi connectivity index (χ0n) is 10.5. The van der Waals surface area contributed by atoms with Crippen molar-refractivity contribution in [2.24, 2.45) is 0 Å². The zero-order valence-corrected chi connectivity index (χ0v) is 11.3. The van der Waals surface area contributed by atoms with E-state index in [1.165, 1.54) is 30.8 Å². The largest absolute Gasteiger partial charge is 0.378 e. The Morgan fingerprint density at radius 1 is 1.18 bits per heavy atom. The van der Waals surface area contributed by atoms with Gasteiger partial charge in [-0.3, -0.25) is 0 Å². The van der Waals surface area contributed by atoms with Gasteiger partial charge in [0.15, 0.2) is 0 Å². The highest BCUT2D eigenvalue weighted by Gasteiger charge is 2.41. The molecule has 0 aliphatic carbocycles. The van der Waals surface area contributed by atoms with E-state index in [0.717, 1.165) is 38.7 Å². The van der Waals surface area contributed by atoms with E-state index in [9.17, 15) is 0 Å². The maximum absolute atomic E-state index is 5.98. The summed E-state index contributed by atoms with van der Waals surface area (Å²) in [6.07, 6.45) is 6.13. The number of nitrogens with one attached hydrogen (secondary N) is 1. The van der Waals surface area contributed by atoms with Gasteiger partial charge in [0.05, 0.1) is 12.2 Å². The lowest BCUT2D eigenvalue weighted by Gasteiger charge is -2.39. The number of ether oxygens (including phenoxy) is 2. The summed E-state index contributed by atoms with van der Waals surface area (Å²) in [5.41, 5.74) is 0.0533. The average Bonchev–Trinajstić information content (AvgIpc) is 2.79. The predicted molar refractivity (Wildman–Crippen MR) is 70.6 cm³/mol. The van der Waals surface area contributed by atoms with Crippen molar-refractivity contribution in [3.05, 3.63) is 0 Å². The highest BCUT2D eigenvalue weighted by molar-refractivity contribution is 7.99. The summed E-state index contributed by atoms with van der Waals surface area (Å²) in [5.74, 6) is 2.64. The molecule has 3 atom stereocenters. The molecule has 0 aromatic heterocycles. The van der Waals surface area contributed by atoms with Crippen molar-refractivity contribution in [3.8, 4) is 0 Å². The van der Waals surface area contributed by atoms with Crippen LogP contribution >= 0.6 is 11.8 Å². The van der Waals surface area contributed by atoms with Gasteiger partial charge < -0.3 is 14.8 Å². The first-order valence-electron chi connectivity index (χ1n) is 6.92. The van der Waals surface area contributed by atoms with Gasteiger partial charge in [-0.1, -0.05) is 0 Å². The van der Waals surface area contributed by atoms with Crippen LogP contribution in [0, 0.1) is 0 Å². The van der Waals surface area contributed by atoms with Gasteiger partial charge in [-0.05, 0) is 31.4 Å². The molecule has 3 fully saturated rings. The summed E-state index contributed by atoms with van der Waals surface area (Å²) in [6.45, 7) is 2.59. The first-order chi connectivity index (χ1) is 8.36. The molecule has 3 nitrogen and oxygen atoms in total. The predicted octanol–water partition coefficient (Wildman–Crippen LogP) is 1.81. The second-order valence-corrected chi connectivity index (χ2v) is 6.75. The zero-order chi connectivity index (χ0) is 11.6. The normalized spacial score (nSPS) is 43.1. The Balaban J connectivity index is 1.52. The monoisotopic (exact) mass is 257 g/mol. The quantitative estimate of drug-likeness (QED) is 0.817. The Morgan fingerprint density at radius 3 is 2.94 bits per heavy atom. The molecule has 17 heavy (non-hydrogen) atoms. The van der Waals surface area contributed by atoms with Crippen molar-refractivity contribution < 1.29 is 9.47 Å². The van der Waals surface area contributed by atoms with E-state index in [-0.39, 0.29) is 5.60 Å². The van der Waals surface area contributed by atoms with Gasteiger partial charge in [-0.25, -0.2) is 0 Å². The SMILES string of the molecule is C1CSCC(NC2CCOC3(CCOC3)C2)C1. The summed E-state index contributed by atoms with van der Waals surface area (Å²) in [5, 5.41) is 3.85. The molecule has 1 N–H and O–H groups in total. The molecule has 0 bridgehead atoms. The summed E-state index contributed by atoms with van der Waals surface area (Å²) >= 11 is 2.10. The van der Waals surface area contributed by atoms with Crippen LogP contribution in [0.5, 0.6) is 0 Å². The lowest BCUT2D eigenvalue weighted by Crippen LogP contribution is -2.51. The summed E-state index contributed by atoms with van der Waals surface area (Å²) in [7, 11) is 0. The molecule has 0 radical (unpaired) electrons. The molecule has 1 spiro atoms. The minimum Gasteiger partial charge on any atom is -0.378 e. The third-order valence-electron chi connectivity index (χ3n) is 4.19. The molecule has 0 aromatic carbocycles. The molecule has 4 heteroatoms. The van der Waals surface area contributed by atoms with Gasteiger partial charge >= 0.3 is 0 Å². The van der Waals surface area contributed by atoms with E-state index in [1.807, 2.05) is 0 Å². The van der Waals surface area contributed by atoms with Gasteiger partial charge in [-0.15, -0.1) is 0 Å². The minimum absolute atomic E-state index is 0.0533. The van der Waals surface area contributed by atoms with Gasteiger partial charge in [0, 0.05) is 37.5 Å². The van der Waals surface area contributed by atoms with E-state index >= 15 is 0 Å². The van der Waals surface area contributed by atoms with Crippen LogP contribution in [0.25, 0.3) is 0 Å². The molecule has 3 rings (SSSR count). The van der Waals surface area contributed by atoms with E-state index < -0.39 is 0 Å². The molecule has 98 valence electrons. The van der Waals surface area contributed by atoms with Crippen molar-refractivity contribution in [3.63, 3.8) is 0 Å². The highest BCUT2D eigenvalue weighted by atomic mass is 32.2. The van der Waals surface area contributed by atoms with Crippen LogP contribution in [0.3, 0.4) is 0 Å². The highest BCUT2D eigenvalue weighted by Crippen LogP contribution is 2.33. The molecular weight excluding hydrogens is 234 g/mol. The smallest absolute Gasteiger partial charge is 0.0951 e. The fourth-order valence-electron chi connectivity index (χ4n) is 3.24. The number of rotatable bonds is 2. The third-order valence-corrected chi connectivity index (χ3v) is 5.41. The standard InChI is InChI=1S/C13H23NO2S/c1-2-12(9-17-7-1)14-11-3-5-16-13(8-11)4-6-15-10-13/h11-12,14H,1-10H2. The Labute approximate surface area is 108 Å². The van der Waals surface area contributed by atoms with Crippen LogP contribution in [0.4, 0.5) is 0 Å². The van der Waals surface area contributed by atoms with Crippen LogP contribution in [0.2, 0.25) is 0 Å².